The first-order chi connectivity index (χ1) is 12.1. The molecule has 1 fully saturated rings. The third-order valence-corrected chi connectivity index (χ3v) is 4.84. The minimum Gasteiger partial charge on any atom is -0.497 e. The molecule has 0 radical (unpaired) electrons. The summed E-state index contributed by atoms with van der Waals surface area (Å²) in [6.07, 6.45) is 0.139. The zero-order valence-electron chi connectivity index (χ0n) is 14.2. The van der Waals surface area contributed by atoms with E-state index in [0.717, 1.165) is 11.3 Å². The third-order valence-electron chi connectivity index (χ3n) is 4.84. The van der Waals surface area contributed by atoms with Gasteiger partial charge in [-0.15, -0.1) is 0 Å². The fourth-order valence-electron chi connectivity index (χ4n) is 3.67. The van der Waals surface area contributed by atoms with Crippen LogP contribution in [-0.2, 0) is 7.05 Å². The number of hydrogen-bond donors (Lipinski definition) is 1. The van der Waals surface area contributed by atoms with E-state index in [1.807, 2.05) is 29.2 Å². The molecule has 25 heavy (non-hydrogen) atoms. The highest BCUT2D eigenvalue weighted by molar-refractivity contribution is 5.79. The molecule has 1 aromatic heterocycles. The summed E-state index contributed by atoms with van der Waals surface area (Å²) in [5, 5.41) is 10.3. The van der Waals surface area contributed by atoms with E-state index in [1.54, 1.807) is 30.9 Å². The Bertz CT molecular complexity index is 924. The predicted octanol–water partition coefficient (Wildman–Crippen LogP) is 3.03. The van der Waals surface area contributed by atoms with Gasteiger partial charge in [-0.1, -0.05) is 18.2 Å². The summed E-state index contributed by atoms with van der Waals surface area (Å²) in [5.74, 6) is 1.13. The summed E-state index contributed by atoms with van der Waals surface area (Å²) in [7, 11) is 3.44. The van der Waals surface area contributed by atoms with Crippen molar-refractivity contribution in [3.63, 3.8) is 0 Å². The number of benzene rings is 2. The van der Waals surface area contributed by atoms with E-state index in [2.05, 4.69) is 4.98 Å². The minimum atomic E-state index is -0.458. The number of β-amino-alcohol motifs (C(OH)–C–C–N with tert-alkyl or cyclic N) is 1. The molecule has 130 valence electrons. The number of hydrogen-bond acceptors (Lipinski definition) is 4. The maximum atomic E-state index is 14.2. The molecule has 2 heterocycles. The van der Waals surface area contributed by atoms with E-state index < -0.39 is 6.10 Å². The van der Waals surface area contributed by atoms with E-state index in [9.17, 15) is 9.50 Å². The van der Waals surface area contributed by atoms with Crippen molar-refractivity contribution in [1.82, 2.24) is 9.55 Å². The Morgan fingerprint density at radius 1 is 1.24 bits per heavy atom. The Morgan fingerprint density at radius 2 is 2.04 bits per heavy atom. The summed E-state index contributed by atoms with van der Waals surface area (Å²) < 4.78 is 21.3. The van der Waals surface area contributed by atoms with E-state index in [1.165, 1.54) is 6.07 Å². The molecular formula is C19H20FN3O2. The Hall–Kier alpha value is -2.60. The molecule has 3 aromatic rings. The van der Waals surface area contributed by atoms with Crippen molar-refractivity contribution in [1.29, 1.82) is 0 Å². The lowest BCUT2D eigenvalue weighted by atomic mass is 10.0. The van der Waals surface area contributed by atoms with Crippen LogP contribution in [0.3, 0.4) is 0 Å². The van der Waals surface area contributed by atoms with Crippen molar-refractivity contribution in [2.45, 2.75) is 18.6 Å². The van der Waals surface area contributed by atoms with Gasteiger partial charge in [-0.3, -0.25) is 0 Å². The van der Waals surface area contributed by atoms with Crippen molar-refractivity contribution in [3.05, 3.63) is 53.8 Å². The van der Waals surface area contributed by atoms with Crippen LogP contribution in [0, 0.1) is 5.82 Å². The van der Waals surface area contributed by atoms with Crippen molar-refractivity contribution in [3.8, 4) is 5.75 Å². The summed E-state index contributed by atoms with van der Waals surface area (Å²) in [5.41, 5.74) is 2.13. The average Bonchev–Trinajstić information content (AvgIpc) is 3.16. The van der Waals surface area contributed by atoms with Crippen LogP contribution in [0.15, 0.2) is 42.5 Å². The predicted molar refractivity (Wildman–Crippen MR) is 94.4 cm³/mol. The van der Waals surface area contributed by atoms with Crippen LogP contribution in [0.4, 0.5) is 10.3 Å². The molecule has 0 bridgehead atoms. The zero-order chi connectivity index (χ0) is 17.6. The van der Waals surface area contributed by atoms with Gasteiger partial charge in [0, 0.05) is 13.6 Å². The quantitative estimate of drug-likeness (QED) is 0.796. The van der Waals surface area contributed by atoms with Crippen molar-refractivity contribution < 1.29 is 14.2 Å². The Kier molecular flexibility index (Phi) is 3.84. The fourth-order valence-corrected chi connectivity index (χ4v) is 3.67. The van der Waals surface area contributed by atoms with Crippen molar-refractivity contribution >= 4 is 17.0 Å². The number of aromatic nitrogens is 2. The molecule has 5 nitrogen and oxygen atoms in total. The van der Waals surface area contributed by atoms with Crippen molar-refractivity contribution in [2.24, 2.45) is 7.05 Å². The highest BCUT2D eigenvalue weighted by Crippen LogP contribution is 2.38. The number of aliphatic hydroxyl groups excluding tert-OH is 1. The van der Waals surface area contributed by atoms with Crippen LogP contribution in [-0.4, -0.2) is 34.4 Å². The van der Waals surface area contributed by atoms with Gasteiger partial charge in [0.1, 0.15) is 17.1 Å². The molecule has 4 rings (SSSR count). The van der Waals surface area contributed by atoms with Gasteiger partial charge in [-0.25, -0.2) is 9.37 Å². The number of ether oxygens (including phenoxy) is 1. The van der Waals surface area contributed by atoms with Crippen LogP contribution < -0.4 is 9.64 Å². The van der Waals surface area contributed by atoms with Gasteiger partial charge >= 0.3 is 0 Å². The number of imidazole rings is 1. The van der Waals surface area contributed by atoms with Crippen molar-refractivity contribution in [2.75, 3.05) is 18.6 Å². The average molecular weight is 341 g/mol. The summed E-state index contributed by atoms with van der Waals surface area (Å²) >= 11 is 0. The van der Waals surface area contributed by atoms with Crippen LogP contribution in [0.1, 0.15) is 18.0 Å². The van der Waals surface area contributed by atoms with Gasteiger partial charge in [-0.05, 0) is 36.2 Å². The van der Waals surface area contributed by atoms with Gasteiger partial charge in [0.05, 0.1) is 24.8 Å². The number of aliphatic hydroxyl groups is 1. The van der Waals surface area contributed by atoms with Gasteiger partial charge in [-0.2, -0.15) is 0 Å². The lowest BCUT2D eigenvalue weighted by Gasteiger charge is -2.26. The molecule has 1 N–H and O–H groups in total. The molecule has 2 atom stereocenters. The molecule has 0 spiro atoms. The molecule has 1 saturated heterocycles. The van der Waals surface area contributed by atoms with E-state index in [-0.39, 0.29) is 11.9 Å². The lowest BCUT2D eigenvalue weighted by molar-refractivity contribution is 0.194. The van der Waals surface area contributed by atoms with Gasteiger partial charge < -0.3 is 19.3 Å². The van der Waals surface area contributed by atoms with Crippen LogP contribution in [0.2, 0.25) is 0 Å². The third kappa shape index (κ3) is 2.62. The summed E-state index contributed by atoms with van der Waals surface area (Å²) in [6.45, 7) is 0.459. The molecule has 0 aliphatic carbocycles. The molecule has 0 saturated carbocycles. The van der Waals surface area contributed by atoms with E-state index in [0.29, 0.717) is 29.9 Å². The Labute approximate surface area is 145 Å². The minimum absolute atomic E-state index is 0.0383. The molecule has 2 aromatic carbocycles. The second-order valence-corrected chi connectivity index (χ2v) is 6.41. The molecule has 0 amide bonds. The van der Waals surface area contributed by atoms with Crippen LogP contribution >= 0.6 is 0 Å². The van der Waals surface area contributed by atoms with E-state index in [4.69, 9.17) is 4.74 Å². The second kappa shape index (κ2) is 6.04. The number of nitrogens with zero attached hydrogens (tertiary/aromatic N) is 3. The monoisotopic (exact) mass is 341 g/mol. The number of anilines is 1. The Balaban J connectivity index is 1.80. The van der Waals surface area contributed by atoms with Gasteiger partial charge in [0.25, 0.3) is 0 Å². The SMILES string of the molecule is COc1cccc(C2CC(O)CN2c2nc3cccc(F)c3n2C)c1. The normalized spacial score (nSPS) is 20.4. The maximum Gasteiger partial charge on any atom is 0.206 e. The zero-order valence-corrected chi connectivity index (χ0v) is 14.2. The number of aryl methyl sites for hydroxylation is 1. The van der Waals surface area contributed by atoms with Crippen LogP contribution in [0.25, 0.3) is 11.0 Å². The molecule has 2 unspecified atom stereocenters. The maximum absolute atomic E-state index is 14.2. The first-order valence-corrected chi connectivity index (χ1v) is 8.28. The first kappa shape index (κ1) is 15.9. The summed E-state index contributed by atoms with van der Waals surface area (Å²) in [4.78, 5) is 6.65. The number of para-hydroxylation sites is 1. The fraction of sp³-hybridized carbons (Fsp3) is 0.316. The molecule has 1 aliphatic rings. The largest absolute Gasteiger partial charge is 0.497 e. The van der Waals surface area contributed by atoms with Gasteiger partial charge in [0.15, 0.2) is 0 Å². The molecule has 1 aliphatic heterocycles. The summed E-state index contributed by atoms with van der Waals surface area (Å²) in [6, 6.07) is 12.7. The number of methoxy groups -OCH3 is 1. The van der Waals surface area contributed by atoms with E-state index >= 15 is 0 Å². The highest BCUT2D eigenvalue weighted by atomic mass is 19.1. The van der Waals surface area contributed by atoms with Gasteiger partial charge in [0.2, 0.25) is 5.95 Å². The first-order valence-electron chi connectivity index (χ1n) is 8.28. The lowest BCUT2D eigenvalue weighted by Crippen LogP contribution is -2.27. The smallest absolute Gasteiger partial charge is 0.206 e. The standard InChI is InChI=1S/C19H20FN3O2/c1-22-18-15(20)7-4-8-16(18)21-19(22)23-11-13(24)10-17(23)12-5-3-6-14(9-12)25-2/h3-9,13,17,24H,10-11H2,1-2H3. The number of halogens is 1. The highest BCUT2D eigenvalue weighted by Gasteiger charge is 2.35. The Morgan fingerprint density at radius 3 is 2.80 bits per heavy atom. The number of fused-ring (bicyclic) bond motifs is 1. The second-order valence-electron chi connectivity index (χ2n) is 6.41. The topological polar surface area (TPSA) is 50.5 Å². The molecular weight excluding hydrogens is 321 g/mol. The molecule has 6 heteroatoms. The number of rotatable bonds is 3. The van der Waals surface area contributed by atoms with Crippen LogP contribution in [0.5, 0.6) is 5.75 Å².